The lowest BCUT2D eigenvalue weighted by Crippen LogP contribution is -2.21. The van der Waals surface area contributed by atoms with Crippen LogP contribution in [0.3, 0.4) is 0 Å². The monoisotopic (exact) mass is 153 g/mol. The Kier molecular flexibility index (Phi) is 2.25. The molecule has 0 aliphatic rings. The van der Waals surface area contributed by atoms with Gasteiger partial charge in [0, 0.05) is 13.6 Å². The fourth-order valence-corrected chi connectivity index (χ4v) is 0.769. The maximum Gasteiger partial charge on any atom is 0.345 e. The van der Waals surface area contributed by atoms with Crippen molar-refractivity contribution >= 4 is 0 Å². The summed E-state index contributed by atoms with van der Waals surface area (Å²) in [5, 5.41) is 3.80. The molecular weight excluding hydrogens is 142 g/mol. The molecule has 0 radical (unpaired) electrons. The van der Waals surface area contributed by atoms with Gasteiger partial charge in [-0.2, -0.15) is 5.10 Å². The molecule has 1 heterocycles. The molecule has 1 rings (SSSR count). The first-order valence-corrected chi connectivity index (χ1v) is 3.45. The van der Waals surface area contributed by atoms with Gasteiger partial charge in [-0.05, 0) is 6.92 Å². The van der Waals surface area contributed by atoms with Crippen molar-refractivity contribution in [3.63, 3.8) is 0 Å². The summed E-state index contributed by atoms with van der Waals surface area (Å²) in [6.45, 7) is 2.52. The minimum absolute atomic E-state index is 0.0805. The van der Waals surface area contributed by atoms with E-state index in [-0.39, 0.29) is 5.69 Å². The summed E-state index contributed by atoms with van der Waals surface area (Å²) in [5.74, 6) is 0. The standard InChI is InChI=1S/C7H11N3O/c1-3-4-5-10-6-8-9(2)7(10)11/h3-4,6H,5H2,1-2H3/b4-3+. The highest BCUT2D eigenvalue weighted by Gasteiger charge is 1.96. The van der Waals surface area contributed by atoms with E-state index in [0.29, 0.717) is 6.54 Å². The molecule has 60 valence electrons. The molecule has 0 saturated heterocycles. The zero-order valence-corrected chi connectivity index (χ0v) is 6.69. The molecule has 0 aliphatic heterocycles. The third-order valence-electron chi connectivity index (χ3n) is 1.42. The van der Waals surface area contributed by atoms with Gasteiger partial charge >= 0.3 is 5.69 Å². The minimum atomic E-state index is -0.0805. The Morgan fingerprint density at radius 2 is 2.45 bits per heavy atom. The number of aromatic nitrogens is 3. The second-order valence-corrected chi connectivity index (χ2v) is 2.26. The first-order chi connectivity index (χ1) is 5.25. The molecule has 0 aliphatic carbocycles. The predicted octanol–water partition coefficient (Wildman–Crippen LogP) is 0.158. The van der Waals surface area contributed by atoms with Crippen LogP contribution in [0.2, 0.25) is 0 Å². The van der Waals surface area contributed by atoms with Gasteiger partial charge in [0.15, 0.2) is 0 Å². The summed E-state index contributed by atoms with van der Waals surface area (Å²) in [6, 6.07) is 0. The van der Waals surface area contributed by atoms with E-state index >= 15 is 0 Å². The molecule has 4 heteroatoms. The molecule has 0 saturated carbocycles. The lowest BCUT2D eigenvalue weighted by molar-refractivity contribution is 0.697. The summed E-state index contributed by atoms with van der Waals surface area (Å²) in [4.78, 5) is 11.1. The Hall–Kier alpha value is -1.32. The maximum absolute atomic E-state index is 11.1. The molecule has 0 unspecified atom stereocenters. The van der Waals surface area contributed by atoms with Gasteiger partial charge in [-0.25, -0.2) is 9.48 Å². The van der Waals surface area contributed by atoms with Crippen molar-refractivity contribution in [1.29, 1.82) is 0 Å². The van der Waals surface area contributed by atoms with Gasteiger partial charge in [0.2, 0.25) is 0 Å². The van der Waals surface area contributed by atoms with E-state index < -0.39 is 0 Å². The lowest BCUT2D eigenvalue weighted by Gasteiger charge is -1.90. The SMILES string of the molecule is C/C=C/Cn1cnn(C)c1=O. The highest BCUT2D eigenvalue weighted by atomic mass is 16.2. The van der Waals surface area contributed by atoms with Crippen LogP contribution >= 0.6 is 0 Å². The fourth-order valence-electron chi connectivity index (χ4n) is 0.769. The van der Waals surface area contributed by atoms with E-state index in [1.54, 1.807) is 11.6 Å². The molecular formula is C7H11N3O. The largest absolute Gasteiger partial charge is 0.345 e. The molecule has 0 amide bonds. The number of hydrogen-bond acceptors (Lipinski definition) is 2. The topological polar surface area (TPSA) is 39.8 Å². The zero-order valence-electron chi connectivity index (χ0n) is 6.69. The first-order valence-electron chi connectivity index (χ1n) is 3.45. The molecule has 0 atom stereocenters. The molecule has 11 heavy (non-hydrogen) atoms. The number of hydrogen-bond donors (Lipinski definition) is 0. The van der Waals surface area contributed by atoms with E-state index in [1.807, 2.05) is 19.1 Å². The van der Waals surface area contributed by atoms with Gasteiger partial charge in [0.25, 0.3) is 0 Å². The Morgan fingerprint density at radius 3 is 2.91 bits per heavy atom. The normalized spacial score (nSPS) is 11.1. The van der Waals surface area contributed by atoms with Gasteiger partial charge in [-0.1, -0.05) is 12.2 Å². The van der Waals surface area contributed by atoms with Gasteiger partial charge in [0.1, 0.15) is 6.33 Å². The van der Waals surface area contributed by atoms with Crippen LogP contribution in [0.5, 0.6) is 0 Å². The summed E-state index contributed by atoms with van der Waals surface area (Å²) < 4.78 is 2.85. The van der Waals surface area contributed by atoms with E-state index in [0.717, 1.165) is 0 Å². The van der Waals surface area contributed by atoms with Crippen LogP contribution in [0.1, 0.15) is 6.92 Å². The van der Waals surface area contributed by atoms with Gasteiger partial charge in [0.05, 0.1) is 0 Å². The second-order valence-electron chi connectivity index (χ2n) is 2.26. The average molecular weight is 153 g/mol. The molecule has 0 fully saturated rings. The molecule has 0 aromatic carbocycles. The van der Waals surface area contributed by atoms with Gasteiger partial charge in [-0.15, -0.1) is 0 Å². The molecule has 0 N–H and O–H groups in total. The molecule has 0 spiro atoms. The highest BCUT2D eigenvalue weighted by Crippen LogP contribution is 1.79. The van der Waals surface area contributed by atoms with Crippen molar-refractivity contribution in [3.8, 4) is 0 Å². The Bertz CT molecular complexity index is 308. The van der Waals surface area contributed by atoms with Crippen LogP contribution in [0.4, 0.5) is 0 Å². The van der Waals surface area contributed by atoms with Crippen molar-refractivity contribution in [1.82, 2.24) is 14.3 Å². The maximum atomic E-state index is 11.1. The average Bonchev–Trinajstić information content (AvgIpc) is 2.31. The zero-order chi connectivity index (χ0) is 8.27. The van der Waals surface area contributed by atoms with Crippen molar-refractivity contribution in [2.24, 2.45) is 7.05 Å². The third kappa shape index (κ3) is 1.58. The Labute approximate surface area is 64.8 Å². The minimum Gasteiger partial charge on any atom is -0.278 e. The Morgan fingerprint density at radius 1 is 1.73 bits per heavy atom. The first kappa shape index (κ1) is 7.78. The highest BCUT2D eigenvalue weighted by molar-refractivity contribution is 4.80. The van der Waals surface area contributed by atoms with Crippen molar-refractivity contribution in [2.45, 2.75) is 13.5 Å². The quantitative estimate of drug-likeness (QED) is 0.568. The lowest BCUT2D eigenvalue weighted by atomic mass is 10.5. The molecule has 1 aromatic heterocycles. The third-order valence-corrected chi connectivity index (χ3v) is 1.42. The predicted molar refractivity (Wildman–Crippen MR) is 42.3 cm³/mol. The van der Waals surface area contributed by atoms with Crippen LogP contribution in [-0.4, -0.2) is 14.3 Å². The van der Waals surface area contributed by atoms with Gasteiger partial charge < -0.3 is 0 Å². The number of allylic oxidation sites excluding steroid dienone is 2. The van der Waals surface area contributed by atoms with E-state index in [4.69, 9.17) is 0 Å². The van der Waals surface area contributed by atoms with Crippen molar-refractivity contribution in [3.05, 3.63) is 29.0 Å². The summed E-state index contributed by atoms with van der Waals surface area (Å²) in [7, 11) is 1.63. The fraction of sp³-hybridized carbons (Fsp3) is 0.429. The van der Waals surface area contributed by atoms with E-state index in [9.17, 15) is 4.79 Å². The summed E-state index contributed by atoms with van der Waals surface area (Å²) in [6.07, 6.45) is 5.34. The molecule has 4 nitrogen and oxygen atoms in total. The summed E-state index contributed by atoms with van der Waals surface area (Å²) >= 11 is 0. The van der Waals surface area contributed by atoms with Crippen LogP contribution in [0.15, 0.2) is 23.3 Å². The van der Waals surface area contributed by atoms with E-state index in [1.165, 1.54) is 11.0 Å². The number of rotatable bonds is 2. The van der Waals surface area contributed by atoms with Crippen LogP contribution in [0, 0.1) is 0 Å². The number of aryl methyl sites for hydroxylation is 1. The molecule has 1 aromatic rings. The van der Waals surface area contributed by atoms with Crippen molar-refractivity contribution < 1.29 is 0 Å². The Balaban J connectivity index is 2.87. The smallest absolute Gasteiger partial charge is 0.278 e. The second kappa shape index (κ2) is 3.18. The molecule has 0 bridgehead atoms. The van der Waals surface area contributed by atoms with Crippen LogP contribution in [0.25, 0.3) is 0 Å². The number of nitrogens with zero attached hydrogens (tertiary/aromatic N) is 3. The summed E-state index contributed by atoms with van der Waals surface area (Å²) in [5.41, 5.74) is -0.0805. The van der Waals surface area contributed by atoms with E-state index in [2.05, 4.69) is 5.10 Å². The van der Waals surface area contributed by atoms with Crippen LogP contribution < -0.4 is 5.69 Å². The van der Waals surface area contributed by atoms with Crippen LogP contribution in [-0.2, 0) is 13.6 Å². The van der Waals surface area contributed by atoms with Gasteiger partial charge in [-0.3, -0.25) is 4.57 Å². The van der Waals surface area contributed by atoms with Crippen molar-refractivity contribution in [2.75, 3.05) is 0 Å².